The lowest BCUT2D eigenvalue weighted by molar-refractivity contribution is -0.384. The van der Waals surface area contributed by atoms with E-state index < -0.39 is 16.3 Å². The normalized spacial score (nSPS) is 11.7. The Balaban J connectivity index is 2.29. The second-order valence-electron chi connectivity index (χ2n) is 4.67. The average Bonchev–Trinajstić information content (AvgIpc) is 2.48. The van der Waals surface area contributed by atoms with E-state index in [0.717, 1.165) is 10.5 Å². The Bertz CT molecular complexity index is 689. The van der Waals surface area contributed by atoms with Crippen LogP contribution in [0.5, 0.6) is 0 Å². The summed E-state index contributed by atoms with van der Waals surface area (Å²) in [5.74, 6) is 0. The molecule has 2 amide bonds. The molecule has 2 aromatic carbocycles. The fourth-order valence-electron chi connectivity index (χ4n) is 1.86. The van der Waals surface area contributed by atoms with Gasteiger partial charge in [0.1, 0.15) is 5.37 Å². The standard InChI is InChI=1S/C15H15N3O3S/c1-10-5-7-13(8-6-10)22-14(17-15(16)19)11-3-2-4-12(9-11)18(20)21/h2-9,14H,1H3,(H3,16,17,19). The maximum atomic E-state index is 11.2. The number of non-ortho nitro benzene ring substituents is 1. The van der Waals surface area contributed by atoms with E-state index in [0.29, 0.717) is 5.56 Å². The van der Waals surface area contributed by atoms with Crippen molar-refractivity contribution in [1.29, 1.82) is 0 Å². The Morgan fingerprint density at radius 3 is 2.55 bits per heavy atom. The Morgan fingerprint density at radius 1 is 1.27 bits per heavy atom. The van der Waals surface area contributed by atoms with Crippen LogP contribution in [-0.2, 0) is 0 Å². The fourth-order valence-corrected chi connectivity index (χ4v) is 2.89. The van der Waals surface area contributed by atoms with Gasteiger partial charge >= 0.3 is 6.03 Å². The van der Waals surface area contributed by atoms with Crippen molar-refractivity contribution in [3.8, 4) is 0 Å². The number of nitro benzene ring substituents is 1. The number of benzene rings is 2. The minimum absolute atomic E-state index is 0.0294. The molecule has 0 aromatic heterocycles. The molecule has 114 valence electrons. The Morgan fingerprint density at radius 2 is 1.95 bits per heavy atom. The lowest BCUT2D eigenvalue weighted by atomic mass is 10.2. The number of amides is 2. The van der Waals surface area contributed by atoms with E-state index in [1.807, 2.05) is 31.2 Å². The second-order valence-corrected chi connectivity index (χ2v) is 5.85. The first-order valence-corrected chi connectivity index (χ1v) is 7.37. The Kier molecular flexibility index (Phi) is 5.00. The third kappa shape index (κ3) is 4.23. The summed E-state index contributed by atoms with van der Waals surface area (Å²) in [6, 6.07) is 13.2. The summed E-state index contributed by atoms with van der Waals surface area (Å²) in [5.41, 5.74) is 6.91. The van der Waals surface area contributed by atoms with E-state index in [9.17, 15) is 14.9 Å². The molecule has 0 saturated heterocycles. The highest BCUT2D eigenvalue weighted by molar-refractivity contribution is 7.99. The van der Waals surface area contributed by atoms with Gasteiger partial charge in [-0.25, -0.2) is 4.79 Å². The molecule has 22 heavy (non-hydrogen) atoms. The summed E-state index contributed by atoms with van der Waals surface area (Å²) in [7, 11) is 0. The molecule has 0 spiro atoms. The molecular formula is C15H15N3O3S. The number of nitrogens with one attached hydrogen (secondary N) is 1. The molecule has 3 N–H and O–H groups in total. The molecule has 0 fully saturated rings. The van der Waals surface area contributed by atoms with E-state index in [1.54, 1.807) is 12.1 Å². The van der Waals surface area contributed by atoms with Crippen LogP contribution >= 0.6 is 11.8 Å². The van der Waals surface area contributed by atoms with Crippen LogP contribution in [0.1, 0.15) is 16.5 Å². The summed E-state index contributed by atoms with van der Waals surface area (Å²) in [5, 5.41) is 13.0. The number of urea groups is 1. The molecule has 0 aliphatic carbocycles. The average molecular weight is 317 g/mol. The van der Waals surface area contributed by atoms with E-state index in [2.05, 4.69) is 5.32 Å². The number of aryl methyl sites for hydroxylation is 1. The largest absolute Gasteiger partial charge is 0.352 e. The van der Waals surface area contributed by atoms with Crippen LogP contribution in [0.4, 0.5) is 10.5 Å². The first-order chi connectivity index (χ1) is 10.5. The maximum Gasteiger partial charge on any atom is 0.313 e. The van der Waals surface area contributed by atoms with Gasteiger partial charge in [0, 0.05) is 17.0 Å². The SMILES string of the molecule is Cc1ccc(SC(NC(N)=O)c2cccc([N+](=O)[O-])c2)cc1. The van der Waals surface area contributed by atoms with Gasteiger partial charge in [-0.3, -0.25) is 10.1 Å². The number of nitrogens with zero attached hydrogens (tertiary/aromatic N) is 1. The molecule has 1 unspecified atom stereocenters. The molecule has 2 rings (SSSR count). The van der Waals surface area contributed by atoms with Gasteiger partial charge in [-0.05, 0) is 24.6 Å². The van der Waals surface area contributed by atoms with Gasteiger partial charge in [-0.2, -0.15) is 0 Å². The predicted octanol–water partition coefficient (Wildman–Crippen LogP) is 3.36. The number of primary amides is 1. The monoisotopic (exact) mass is 317 g/mol. The second kappa shape index (κ2) is 6.95. The fraction of sp³-hybridized carbons (Fsp3) is 0.133. The number of hydrogen-bond acceptors (Lipinski definition) is 4. The number of hydrogen-bond donors (Lipinski definition) is 2. The molecule has 0 aliphatic rings. The number of nitrogens with two attached hydrogens (primary N) is 1. The van der Waals surface area contributed by atoms with E-state index in [4.69, 9.17) is 5.73 Å². The van der Waals surface area contributed by atoms with Gasteiger partial charge in [0.2, 0.25) is 0 Å². The minimum atomic E-state index is -0.684. The van der Waals surface area contributed by atoms with Crippen molar-refractivity contribution in [3.63, 3.8) is 0 Å². The van der Waals surface area contributed by atoms with Gasteiger partial charge in [0.15, 0.2) is 0 Å². The van der Waals surface area contributed by atoms with Gasteiger partial charge in [0.25, 0.3) is 5.69 Å². The summed E-state index contributed by atoms with van der Waals surface area (Å²) in [6.07, 6.45) is 0. The highest BCUT2D eigenvalue weighted by Gasteiger charge is 2.17. The van der Waals surface area contributed by atoms with Crippen LogP contribution in [0.15, 0.2) is 53.4 Å². The van der Waals surface area contributed by atoms with Crippen molar-refractivity contribution in [2.24, 2.45) is 5.73 Å². The number of carbonyl (C=O) groups excluding carboxylic acids is 1. The molecule has 0 bridgehead atoms. The van der Waals surface area contributed by atoms with Gasteiger partial charge < -0.3 is 11.1 Å². The summed E-state index contributed by atoms with van der Waals surface area (Å²) in [4.78, 5) is 22.5. The Labute approximate surface area is 131 Å². The molecule has 0 heterocycles. The first-order valence-electron chi connectivity index (χ1n) is 6.49. The van der Waals surface area contributed by atoms with Crippen LogP contribution in [0, 0.1) is 17.0 Å². The van der Waals surface area contributed by atoms with Gasteiger partial charge in [-0.15, -0.1) is 0 Å². The van der Waals surface area contributed by atoms with Crippen molar-refractivity contribution >= 4 is 23.5 Å². The highest BCUT2D eigenvalue weighted by Crippen LogP contribution is 2.34. The van der Waals surface area contributed by atoms with Crippen LogP contribution < -0.4 is 11.1 Å². The third-order valence-electron chi connectivity index (χ3n) is 2.93. The molecule has 0 aliphatic heterocycles. The van der Waals surface area contributed by atoms with E-state index in [-0.39, 0.29) is 5.69 Å². The Hall–Kier alpha value is -2.54. The first kappa shape index (κ1) is 15.8. The third-order valence-corrected chi connectivity index (χ3v) is 4.10. The molecule has 0 radical (unpaired) electrons. The molecule has 2 aromatic rings. The van der Waals surface area contributed by atoms with Crippen molar-refractivity contribution < 1.29 is 9.72 Å². The van der Waals surface area contributed by atoms with Gasteiger partial charge in [-0.1, -0.05) is 41.6 Å². The topological polar surface area (TPSA) is 98.3 Å². The number of nitro groups is 1. The number of carbonyl (C=O) groups is 1. The zero-order valence-electron chi connectivity index (χ0n) is 11.9. The number of rotatable bonds is 5. The zero-order valence-corrected chi connectivity index (χ0v) is 12.7. The summed E-state index contributed by atoms with van der Waals surface area (Å²) < 4.78 is 0. The lowest BCUT2D eigenvalue weighted by Gasteiger charge is -2.17. The minimum Gasteiger partial charge on any atom is -0.352 e. The molecule has 1 atom stereocenters. The predicted molar refractivity (Wildman–Crippen MR) is 85.6 cm³/mol. The van der Waals surface area contributed by atoms with Crippen molar-refractivity contribution in [3.05, 3.63) is 69.8 Å². The highest BCUT2D eigenvalue weighted by atomic mass is 32.2. The van der Waals surface area contributed by atoms with Crippen LogP contribution in [0.3, 0.4) is 0 Å². The number of thioether (sulfide) groups is 1. The summed E-state index contributed by atoms with van der Waals surface area (Å²) >= 11 is 1.36. The zero-order chi connectivity index (χ0) is 16.1. The smallest absolute Gasteiger partial charge is 0.313 e. The van der Waals surface area contributed by atoms with Crippen molar-refractivity contribution in [2.75, 3.05) is 0 Å². The lowest BCUT2D eigenvalue weighted by Crippen LogP contribution is -2.31. The molecule has 6 nitrogen and oxygen atoms in total. The quantitative estimate of drug-likeness (QED) is 0.382. The van der Waals surface area contributed by atoms with Crippen LogP contribution in [0.25, 0.3) is 0 Å². The van der Waals surface area contributed by atoms with Crippen LogP contribution in [-0.4, -0.2) is 11.0 Å². The maximum absolute atomic E-state index is 11.2. The van der Waals surface area contributed by atoms with E-state index in [1.165, 1.54) is 23.9 Å². The van der Waals surface area contributed by atoms with Gasteiger partial charge in [0.05, 0.1) is 4.92 Å². The van der Waals surface area contributed by atoms with Crippen LogP contribution in [0.2, 0.25) is 0 Å². The van der Waals surface area contributed by atoms with Crippen molar-refractivity contribution in [1.82, 2.24) is 5.32 Å². The molecular weight excluding hydrogens is 302 g/mol. The van der Waals surface area contributed by atoms with E-state index >= 15 is 0 Å². The molecule has 0 saturated carbocycles. The van der Waals surface area contributed by atoms with Crippen molar-refractivity contribution in [2.45, 2.75) is 17.2 Å². The molecule has 7 heteroatoms. The summed E-state index contributed by atoms with van der Waals surface area (Å²) in [6.45, 7) is 1.98.